The molecule has 1 heterocycles. The number of amides is 2. The number of hydrogen-bond donors (Lipinski definition) is 4. The number of carbonyl (C=O) groups excluding carboxylic acids is 2. The van der Waals surface area contributed by atoms with Crippen molar-refractivity contribution < 1.29 is 14.7 Å². The summed E-state index contributed by atoms with van der Waals surface area (Å²) in [4.78, 5) is 27.2. The average molecular weight is 403 g/mol. The highest BCUT2D eigenvalue weighted by molar-refractivity contribution is 5.95. The van der Waals surface area contributed by atoms with Crippen LogP contribution in [-0.2, 0) is 11.2 Å². The lowest BCUT2D eigenvalue weighted by Crippen LogP contribution is -2.47. The van der Waals surface area contributed by atoms with E-state index in [2.05, 4.69) is 22.1 Å². The molecule has 6 nitrogen and oxygen atoms in total. The number of aromatic nitrogens is 1. The number of benzene rings is 2. The zero-order valence-corrected chi connectivity index (χ0v) is 17.0. The molecule has 0 aliphatic carbocycles. The maximum atomic E-state index is 12.7. The van der Waals surface area contributed by atoms with Crippen LogP contribution in [0.3, 0.4) is 0 Å². The van der Waals surface area contributed by atoms with E-state index in [1.54, 1.807) is 31.2 Å². The predicted octanol–water partition coefficient (Wildman–Crippen LogP) is 2.71. The first-order chi connectivity index (χ1) is 14.3. The van der Waals surface area contributed by atoms with E-state index in [4.69, 9.17) is 5.73 Å². The molecule has 0 spiro atoms. The minimum atomic E-state index is -1.44. The van der Waals surface area contributed by atoms with Crippen LogP contribution in [0.25, 0.3) is 10.9 Å². The van der Waals surface area contributed by atoms with E-state index in [0.29, 0.717) is 17.5 Å². The molecule has 0 radical (unpaired) electrons. The fraction of sp³-hybridized carbons (Fsp3) is 0.250. The summed E-state index contributed by atoms with van der Waals surface area (Å²) in [6.07, 6.45) is 2.61. The average Bonchev–Trinajstić information content (AvgIpc) is 3.10. The molecule has 6 heteroatoms. The van der Waals surface area contributed by atoms with Crippen LogP contribution < -0.4 is 11.1 Å². The Hall–Kier alpha value is -3.56. The highest BCUT2D eigenvalue weighted by atomic mass is 16.3. The number of aromatic amines is 1. The van der Waals surface area contributed by atoms with Crippen molar-refractivity contribution in [3.05, 3.63) is 71.4 Å². The molecule has 0 saturated heterocycles. The lowest BCUT2D eigenvalue weighted by atomic mass is 10.0. The van der Waals surface area contributed by atoms with Crippen LogP contribution in [0.1, 0.15) is 41.8 Å². The molecule has 2 amide bonds. The third-order valence-electron chi connectivity index (χ3n) is 4.86. The molecule has 154 valence electrons. The minimum absolute atomic E-state index is 0.249. The summed E-state index contributed by atoms with van der Waals surface area (Å²) < 4.78 is 0. The first-order valence-electron chi connectivity index (χ1n) is 9.80. The molecule has 0 bridgehead atoms. The summed E-state index contributed by atoms with van der Waals surface area (Å²) >= 11 is 0. The van der Waals surface area contributed by atoms with E-state index < -0.39 is 23.5 Å². The van der Waals surface area contributed by atoms with Gasteiger partial charge in [0, 0.05) is 34.6 Å². The lowest BCUT2D eigenvalue weighted by molar-refractivity contribution is -0.120. The third kappa shape index (κ3) is 5.07. The molecule has 0 saturated carbocycles. The van der Waals surface area contributed by atoms with Crippen LogP contribution in [0.5, 0.6) is 0 Å². The molecule has 0 fully saturated rings. The van der Waals surface area contributed by atoms with Crippen LogP contribution in [0, 0.1) is 17.8 Å². The molecule has 0 aliphatic rings. The largest absolute Gasteiger partial charge is 0.371 e. The maximum absolute atomic E-state index is 12.7. The van der Waals surface area contributed by atoms with Gasteiger partial charge in [0.1, 0.15) is 5.72 Å². The van der Waals surface area contributed by atoms with Gasteiger partial charge in [-0.05, 0) is 43.2 Å². The van der Waals surface area contributed by atoms with Crippen molar-refractivity contribution in [1.29, 1.82) is 0 Å². The number of nitrogens with two attached hydrogens (primary N) is 1. The van der Waals surface area contributed by atoms with Gasteiger partial charge in [0.05, 0.1) is 5.92 Å². The molecule has 2 atom stereocenters. The van der Waals surface area contributed by atoms with E-state index in [1.165, 1.54) is 0 Å². The number of fused-ring (bicyclic) bond motifs is 1. The zero-order chi connectivity index (χ0) is 21.7. The molecule has 1 unspecified atom stereocenters. The van der Waals surface area contributed by atoms with Gasteiger partial charge < -0.3 is 21.1 Å². The Morgan fingerprint density at radius 2 is 2.00 bits per heavy atom. The Balaban J connectivity index is 1.73. The summed E-state index contributed by atoms with van der Waals surface area (Å²) in [6.45, 7) is 3.40. The van der Waals surface area contributed by atoms with Crippen LogP contribution in [0.15, 0.2) is 54.7 Å². The first-order valence-corrected chi connectivity index (χ1v) is 9.80. The minimum Gasteiger partial charge on any atom is -0.371 e. The van der Waals surface area contributed by atoms with Gasteiger partial charge in [-0.3, -0.25) is 9.59 Å². The van der Waals surface area contributed by atoms with Crippen molar-refractivity contribution in [3.8, 4) is 11.8 Å². The molecule has 0 aliphatic heterocycles. The summed E-state index contributed by atoms with van der Waals surface area (Å²) in [5, 5.41) is 14.5. The van der Waals surface area contributed by atoms with E-state index in [9.17, 15) is 14.7 Å². The third-order valence-corrected chi connectivity index (χ3v) is 4.86. The second-order valence-electron chi connectivity index (χ2n) is 7.48. The van der Waals surface area contributed by atoms with E-state index in [1.807, 2.05) is 37.4 Å². The lowest BCUT2D eigenvalue weighted by Gasteiger charge is -2.24. The van der Waals surface area contributed by atoms with Gasteiger partial charge >= 0.3 is 0 Å². The number of H-pyrrole nitrogens is 1. The number of nitrogens with one attached hydrogen (secondary N) is 2. The number of para-hydroxylation sites is 1. The van der Waals surface area contributed by atoms with E-state index in [-0.39, 0.29) is 6.42 Å². The first kappa shape index (κ1) is 21.2. The van der Waals surface area contributed by atoms with Crippen molar-refractivity contribution in [2.75, 3.05) is 0 Å². The summed E-state index contributed by atoms with van der Waals surface area (Å²) in [5.41, 5.74) is 6.72. The zero-order valence-electron chi connectivity index (χ0n) is 17.0. The summed E-state index contributed by atoms with van der Waals surface area (Å²) in [6, 6.07) is 14.5. The molecular weight excluding hydrogens is 378 g/mol. The van der Waals surface area contributed by atoms with Gasteiger partial charge in [-0.2, -0.15) is 0 Å². The smallest absolute Gasteiger partial charge is 0.253 e. The van der Waals surface area contributed by atoms with Crippen molar-refractivity contribution in [3.63, 3.8) is 0 Å². The Labute approximate surface area is 175 Å². The topological polar surface area (TPSA) is 108 Å². The van der Waals surface area contributed by atoms with Gasteiger partial charge in [0.25, 0.3) is 5.91 Å². The second-order valence-corrected chi connectivity index (χ2v) is 7.48. The van der Waals surface area contributed by atoms with Gasteiger partial charge in [-0.25, -0.2) is 0 Å². The molecule has 5 N–H and O–H groups in total. The molecule has 2 aromatic carbocycles. The van der Waals surface area contributed by atoms with Crippen molar-refractivity contribution in [1.82, 2.24) is 10.3 Å². The van der Waals surface area contributed by atoms with Crippen molar-refractivity contribution >= 4 is 22.7 Å². The Bertz CT molecular complexity index is 1140. The van der Waals surface area contributed by atoms with Crippen LogP contribution in [-0.4, -0.2) is 27.6 Å². The fourth-order valence-electron chi connectivity index (χ4n) is 3.29. The van der Waals surface area contributed by atoms with Gasteiger partial charge in [-0.15, -0.1) is 0 Å². The molecule has 1 aromatic heterocycles. The quantitative estimate of drug-likeness (QED) is 0.375. The SMILES string of the molecule is CCC(C#Cc1cccc(C(=O)N[C@](C)(O)Cc2c[nH]c3ccccc23)c1)C(N)=O. The second kappa shape index (κ2) is 8.85. The molecule has 3 aromatic rings. The molecule has 30 heavy (non-hydrogen) atoms. The van der Waals surface area contributed by atoms with Crippen LogP contribution in [0.2, 0.25) is 0 Å². The highest BCUT2D eigenvalue weighted by Gasteiger charge is 2.25. The summed E-state index contributed by atoms with van der Waals surface area (Å²) in [5.74, 6) is 4.33. The number of hydrogen-bond acceptors (Lipinski definition) is 3. The Morgan fingerprint density at radius 3 is 2.73 bits per heavy atom. The highest BCUT2D eigenvalue weighted by Crippen LogP contribution is 2.21. The molecule has 3 rings (SSSR count). The standard InChI is InChI=1S/C24H25N3O3/c1-3-17(22(25)28)12-11-16-7-6-8-18(13-16)23(29)27-24(2,30)14-19-15-26-21-10-5-4-9-20(19)21/h4-10,13,15,17,26,30H,3,14H2,1-2H3,(H2,25,28)(H,27,29)/t17?,24-/m1/s1. The number of aliphatic hydroxyl groups is 1. The maximum Gasteiger partial charge on any atom is 0.253 e. The number of primary amides is 1. The molecular formula is C24H25N3O3. The van der Waals surface area contributed by atoms with E-state index >= 15 is 0 Å². The number of rotatable bonds is 6. The van der Waals surface area contributed by atoms with Crippen LogP contribution in [0.4, 0.5) is 0 Å². The van der Waals surface area contributed by atoms with Crippen LogP contribution >= 0.6 is 0 Å². The van der Waals surface area contributed by atoms with E-state index in [0.717, 1.165) is 16.5 Å². The Kier molecular flexibility index (Phi) is 6.24. The predicted molar refractivity (Wildman–Crippen MR) is 116 cm³/mol. The normalized spacial score (nSPS) is 13.7. The Morgan fingerprint density at radius 1 is 1.23 bits per heavy atom. The van der Waals surface area contributed by atoms with Crippen molar-refractivity contribution in [2.45, 2.75) is 32.4 Å². The van der Waals surface area contributed by atoms with Crippen molar-refractivity contribution in [2.24, 2.45) is 11.7 Å². The number of carbonyl (C=O) groups is 2. The summed E-state index contributed by atoms with van der Waals surface area (Å²) in [7, 11) is 0. The van der Waals surface area contributed by atoms with Gasteiger partial charge in [0.15, 0.2) is 0 Å². The van der Waals surface area contributed by atoms with Gasteiger partial charge in [-0.1, -0.05) is 43.0 Å². The fourth-order valence-corrected chi connectivity index (χ4v) is 3.29. The monoisotopic (exact) mass is 403 g/mol. The van der Waals surface area contributed by atoms with Gasteiger partial charge in [0.2, 0.25) is 5.91 Å².